The lowest BCUT2D eigenvalue weighted by atomic mass is 9.97. The number of carboxylic acid groups (broad SMARTS) is 1. The fourth-order valence-electron chi connectivity index (χ4n) is 5.40. The van der Waals surface area contributed by atoms with E-state index in [1.807, 2.05) is 6.08 Å². The van der Waals surface area contributed by atoms with Crippen LogP contribution in [0.4, 0.5) is 19.1 Å². The number of likely N-dealkylation sites (tertiary alicyclic amines) is 1. The molecule has 2 fully saturated rings. The summed E-state index contributed by atoms with van der Waals surface area (Å²) in [7, 11) is 0. The van der Waals surface area contributed by atoms with Crippen molar-refractivity contribution in [2.45, 2.75) is 37.5 Å². The number of fused-ring (bicyclic) bond motifs is 2. The number of rotatable bonds is 5. The molecule has 0 radical (unpaired) electrons. The average Bonchev–Trinajstić information content (AvgIpc) is 3.13. The van der Waals surface area contributed by atoms with Gasteiger partial charge in [0, 0.05) is 50.7 Å². The van der Waals surface area contributed by atoms with Crippen molar-refractivity contribution in [1.82, 2.24) is 19.8 Å². The van der Waals surface area contributed by atoms with Crippen LogP contribution in [0.3, 0.4) is 0 Å². The summed E-state index contributed by atoms with van der Waals surface area (Å²) in [5.74, 6) is -0.581. The summed E-state index contributed by atoms with van der Waals surface area (Å²) in [6.07, 6.45) is 2.25. The maximum absolute atomic E-state index is 13.2. The molecule has 2 unspecified atom stereocenters. The molecule has 2 aromatic rings. The normalized spacial score (nSPS) is 22.2. The van der Waals surface area contributed by atoms with E-state index < -0.39 is 17.7 Å². The van der Waals surface area contributed by atoms with Crippen LogP contribution >= 0.6 is 11.6 Å². The van der Waals surface area contributed by atoms with Gasteiger partial charge in [-0.15, -0.1) is 0 Å². The number of aromatic nitrogens is 2. The Hall–Kier alpha value is -3.18. The summed E-state index contributed by atoms with van der Waals surface area (Å²) in [6.45, 7) is 2.39. The first-order valence-electron chi connectivity index (χ1n) is 12.0. The first kappa shape index (κ1) is 25.5. The van der Waals surface area contributed by atoms with Crippen molar-refractivity contribution in [2.24, 2.45) is 0 Å². The van der Waals surface area contributed by atoms with Crippen molar-refractivity contribution in [2.75, 3.05) is 37.6 Å². The van der Waals surface area contributed by atoms with E-state index in [2.05, 4.69) is 19.8 Å². The van der Waals surface area contributed by atoms with Gasteiger partial charge >= 0.3 is 12.1 Å². The number of anilines is 1. The third-order valence-electron chi connectivity index (χ3n) is 7.24. The van der Waals surface area contributed by atoms with Gasteiger partial charge in [-0.25, -0.2) is 14.8 Å². The van der Waals surface area contributed by atoms with Crippen LogP contribution in [0.15, 0.2) is 36.7 Å². The Labute approximate surface area is 216 Å². The lowest BCUT2D eigenvalue weighted by Gasteiger charge is -2.41. The van der Waals surface area contributed by atoms with Crippen molar-refractivity contribution < 1.29 is 27.9 Å². The van der Waals surface area contributed by atoms with Gasteiger partial charge in [0.05, 0.1) is 22.7 Å². The van der Waals surface area contributed by atoms with E-state index in [-0.39, 0.29) is 35.1 Å². The first-order valence-corrected chi connectivity index (χ1v) is 12.4. The Morgan fingerprint density at radius 2 is 1.78 bits per heavy atom. The summed E-state index contributed by atoms with van der Waals surface area (Å²) in [5.41, 5.74) is 0.418. The fourth-order valence-corrected chi connectivity index (χ4v) is 5.63. The molecule has 0 aliphatic carbocycles. The molecule has 3 aliphatic rings. The maximum Gasteiger partial charge on any atom is 0.417 e. The number of carboxylic acids is 1. The zero-order valence-corrected chi connectivity index (χ0v) is 20.5. The number of carbonyl (C=O) groups excluding carboxylic acids is 1. The molecular weight excluding hydrogens is 511 g/mol. The van der Waals surface area contributed by atoms with Crippen LogP contribution in [0.5, 0.6) is 0 Å². The van der Waals surface area contributed by atoms with E-state index in [1.54, 1.807) is 11.0 Å². The van der Waals surface area contributed by atoms with Gasteiger partial charge in [-0.2, -0.15) is 13.2 Å². The number of halogens is 4. The molecule has 196 valence electrons. The van der Waals surface area contributed by atoms with E-state index in [9.17, 15) is 22.8 Å². The summed E-state index contributed by atoms with van der Waals surface area (Å²) in [4.78, 5) is 38.6. The fraction of sp³-hybridized carbons (Fsp3) is 0.440. The van der Waals surface area contributed by atoms with Crippen LogP contribution in [0.1, 0.15) is 40.7 Å². The second-order valence-electron chi connectivity index (χ2n) is 9.57. The van der Waals surface area contributed by atoms with Crippen LogP contribution < -0.4 is 4.90 Å². The Bertz CT molecular complexity index is 1220. The zero-order chi connectivity index (χ0) is 26.3. The van der Waals surface area contributed by atoms with Gasteiger partial charge in [0.25, 0.3) is 0 Å². The van der Waals surface area contributed by atoms with Gasteiger partial charge in [-0.3, -0.25) is 9.69 Å². The number of nitrogens with zero attached hydrogens (tertiary/aromatic N) is 5. The number of carbonyl (C=O) groups is 2. The van der Waals surface area contributed by atoms with Crippen LogP contribution in [0, 0.1) is 0 Å². The molecule has 0 spiro atoms. The second-order valence-corrected chi connectivity index (χ2v) is 9.98. The Balaban J connectivity index is 1.19. The van der Waals surface area contributed by atoms with Crippen molar-refractivity contribution >= 4 is 35.0 Å². The van der Waals surface area contributed by atoms with Crippen LogP contribution in [0.2, 0.25) is 5.02 Å². The topological polar surface area (TPSA) is 89.9 Å². The molecule has 0 saturated carbocycles. The molecule has 3 aliphatic heterocycles. The number of piperazine rings is 1. The van der Waals surface area contributed by atoms with E-state index >= 15 is 0 Å². The van der Waals surface area contributed by atoms with E-state index in [1.165, 1.54) is 18.5 Å². The highest BCUT2D eigenvalue weighted by molar-refractivity contribution is 6.31. The number of alkyl halides is 3. The smallest absolute Gasteiger partial charge is 0.417 e. The molecule has 5 rings (SSSR count). The minimum absolute atomic E-state index is 0.0164. The molecule has 1 aromatic heterocycles. The van der Waals surface area contributed by atoms with E-state index in [0.717, 1.165) is 24.5 Å². The summed E-state index contributed by atoms with van der Waals surface area (Å²) < 4.78 is 39.7. The zero-order valence-electron chi connectivity index (χ0n) is 19.8. The first-order chi connectivity index (χ1) is 17.6. The molecule has 8 nitrogen and oxygen atoms in total. The minimum Gasteiger partial charge on any atom is -0.478 e. The number of benzene rings is 1. The number of amides is 1. The standard InChI is InChI=1S/C25H25ClF3N5O3/c26-21-4-1-16(9-20(21)25(27,28)29)15-5-7-33(8-6-15)22(35)14-32-12-18-2-3-19(13-32)34(18)24-30-10-17(11-31-24)23(36)37/h1,4-5,9-11,18-19H,2-3,6-8,12-14H2,(H,36,37). The lowest BCUT2D eigenvalue weighted by molar-refractivity contribution is -0.137. The molecule has 2 bridgehead atoms. The van der Waals surface area contributed by atoms with Gasteiger partial charge in [-0.05, 0) is 42.5 Å². The lowest BCUT2D eigenvalue weighted by Crippen LogP contribution is -2.56. The SMILES string of the molecule is O=C(O)c1cnc(N2C3CCC2CN(CC(=O)N2CC=C(c4ccc(Cl)c(C(F)(F)F)c4)CC2)C3)nc1. The molecule has 1 amide bonds. The molecule has 2 saturated heterocycles. The highest BCUT2D eigenvalue weighted by atomic mass is 35.5. The Morgan fingerprint density at radius 1 is 1.11 bits per heavy atom. The van der Waals surface area contributed by atoms with Crippen molar-refractivity contribution in [3.8, 4) is 0 Å². The summed E-state index contributed by atoms with van der Waals surface area (Å²) in [5, 5.41) is 8.73. The van der Waals surface area contributed by atoms with Crippen LogP contribution in [-0.2, 0) is 11.0 Å². The molecular formula is C25H25ClF3N5O3. The summed E-state index contributed by atoms with van der Waals surface area (Å²) >= 11 is 5.74. The monoisotopic (exact) mass is 535 g/mol. The second kappa shape index (κ2) is 9.94. The van der Waals surface area contributed by atoms with E-state index in [4.69, 9.17) is 16.7 Å². The van der Waals surface area contributed by atoms with Crippen LogP contribution in [0.25, 0.3) is 5.57 Å². The number of hydrogen-bond donors (Lipinski definition) is 1. The molecule has 37 heavy (non-hydrogen) atoms. The quantitative estimate of drug-likeness (QED) is 0.622. The predicted molar refractivity (Wildman–Crippen MR) is 130 cm³/mol. The Kier molecular flexibility index (Phi) is 6.84. The highest BCUT2D eigenvalue weighted by Gasteiger charge is 2.42. The van der Waals surface area contributed by atoms with E-state index in [0.29, 0.717) is 44.1 Å². The molecule has 12 heteroatoms. The largest absolute Gasteiger partial charge is 0.478 e. The van der Waals surface area contributed by atoms with Gasteiger partial charge < -0.3 is 14.9 Å². The summed E-state index contributed by atoms with van der Waals surface area (Å²) in [6, 6.07) is 4.19. The minimum atomic E-state index is -4.53. The predicted octanol–water partition coefficient (Wildman–Crippen LogP) is 3.82. The molecule has 1 aromatic carbocycles. The van der Waals surface area contributed by atoms with Gasteiger partial charge in [0.1, 0.15) is 0 Å². The van der Waals surface area contributed by atoms with Crippen LogP contribution in [-0.4, -0.2) is 81.6 Å². The van der Waals surface area contributed by atoms with Gasteiger partial charge in [-0.1, -0.05) is 23.7 Å². The van der Waals surface area contributed by atoms with Crippen molar-refractivity contribution in [3.63, 3.8) is 0 Å². The molecule has 2 atom stereocenters. The Morgan fingerprint density at radius 3 is 2.35 bits per heavy atom. The third kappa shape index (κ3) is 5.28. The van der Waals surface area contributed by atoms with Crippen molar-refractivity contribution in [1.29, 1.82) is 0 Å². The maximum atomic E-state index is 13.2. The highest BCUT2D eigenvalue weighted by Crippen LogP contribution is 2.37. The number of hydrogen-bond acceptors (Lipinski definition) is 6. The number of aromatic carboxylic acids is 1. The van der Waals surface area contributed by atoms with Crippen molar-refractivity contribution in [3.05, 3.63) is 58.4 Å². The molecule has 1 N–H and O–H groups in total. The average molecular weight is 536 g/mol. The van der Waals surface area contributed by atoms with Gasteiger partial charge in [0.15, 0.2) is 0 Å². The van der Waals surface area contributed by atoms with Gasteiger partial charge in [0.2, 0.25) is 11.9 Å². The third-order valence-corrected chi connectivity index (χ3v) is 7.57. The molecule has 4 heterocycles.